The Bertz CT molecular complexity index is 121. The van der Waals surface area contributed by atoms with Gasteiger partial charge in [0.1, 0.15) is 0 Å². The van der Waals surface area contributed by atoms with Crippen LogP contribution in [0.5, 0.6) is 0 Å². The molecule has 50 valence electrons. The molecule has 1 aromatic rings. The molecule has 0 saturated carbocycles. The van der Waals surface area contributed by atoms with Crippen molar-refractivity contribution in [3.8, 4) is 0 Å². The molecule has 0 bridgehead atoms. The van der Waals surface area contributed by atoms with E-state index in [0.29, 0.717) is 0 Å². The van der Waals surface area contributed by atoms with Gasteiger partial charge in [-0.15, -0.1) is 0 Å². The summed E-state index contributed by atoms with van der Waals surface area (Å²) < 4.78 is 0. The van der Waals surface area contributed by atoms with Crippen LogP contribution in [0.3, 0.4) is 0 Å². The van der Waals surface area contributed by atoms with E-state index >= 15 is 0 Å². The minimum absolute atomic E-state index is 1.83. The Labute approximate surface area is 61.3 Å². The molecule has 1 rings (SSSR count). The van der Waals surface area contributed by atoms with E-state index in [4.69, 9.17) is 14.7 Å². The third-order valence-electron chi connectivity index (χ3n) is 0.0680. The Balaban J connectivity index is 0.000000135. The Morgan fingerprint density at radius 2 is 1.12 bits per heavy atom. The summed E-state index contributed by atoms with van der Waals surface area (Å²) in [6, 6.07) is 0. The molecular formula is H3O3PS4. The van der Waals surface area contributed by atoms with Gasteiger partial charge in [-0.2, -0.15) is 0 Å². The average molecular weight is 210 g/mol. The van der Waals surface area contributed by atoms with Gasteiger partial charge in [0.2, 0.25) is 0 Å². The predicted molar refractivity (Wildman–Crippen MR) is 41.0 cm³/mol. The summed E-state index contributed by atoms with van der Waals surface area (Å²) in [5.74, 6) is 0. The van der Waals surface area contributed by atoms with E-state index in [9.17, 15) is 0 Å². The highest BCUT2D eigenvalue weighted by atomic mass is 33.7. The first-order valence-electron chi connectivity index (χ1n) is 1.28. The molecule has 1 heterocycles. The van der Waals surface area contributed by atoms with Crippen molar-refractivity contribution >= 4 is 46.6 Å². The highest BCUT2D eigenvalue weighted by molar-refractivity contribution is 8.32. The molecule has 0 saturated heterocycles. The van der Waals surface area contributed by atoms with Crippen LogP contribution in [0.2, 0.25) is 0 Å². The molecular weight excluding hydrogens is 207 g/mol. The van der Waals surface area contributed by atoms with Crippen LogP contribution in [0, 0.1) is 0 Å². The van der Waals surface area contributed by atoms with E-state index in [1.54, 1.807) is 0 Å². The van der Waals surface area contributed by atoms with Crippen LogP contribution in [0.1, 0.15) is 0 Å². The number of hydrogen-bond donors (Lipinski definition) is 3. The van der Waals surface area contributed by atoms with Crippen LogP contribution in [0.4, 0.5) is 0 Å². The van der Waals surface area contributed by atoms with Crippen molar-refractivity contribution in [1.82, 2.24) is 0 Å². The van der Waals surface area contributed by atoms with Gasteiger partial charge in [-0.25, -0.2) is 0 Å². The summed E-state index contributed by atoms with van der Waals surface area (Å²) in [5.41, 5.74) is 0. The van der Waals surface area contributed by atoms with E-state index < -0.39 is 6.72 Å². The normalized spacial score (nSPS) is 10.4. The Morgan fingerprint density at radius 3 is 1.12 bits per heavy atom. The number of hydrogen-bond acceptors (Lipinski definition) is 4. The molecule has 0 aromatic carbocycles. The van der Waals surface area contributed by atoms with Gasteiger partial charge < -0.3 is 14.7 Å². The second-order valence-corrected chi connectivity index (χ2v) is 8.52. The van der Waals surface area contributed by atoms with Crippen molar-refractivity contribution < 1.29 is 14.7 Å². The lowest BCUT2D eigenvalue weighted by atomic mass is 15.8. The first-order valence-corrected chi connectivity index (χ1v) is 7.94. The van der Waals surface area contributed by atoms with Gasteiger partial charge in [0.05, 0.1) is 0 Å². The maximum absolute atomic E-state index is 7.56. The molecule has 0 aliphatic rings. The van der Waals surface area contributed by atoms with Gasteiger partial charge in [-0.1, -0.05) is 0 Å². The molecule has 3 N–H and O–H groups in total. The number of rotatable bonds is 0. The molecule has 0 fully saturated rings. The lowest BCUT2D eigenvalue weighted by Crippen LogP contribution is -1.65. The monoisotopic (exact) mass is 210 g/mol. The lowest BCUT2D eigenvalue weighted by molar-refractivity contribution is 0.363. The predicted octanol–water partition coefficient (Wildman–Crippen LogP) is 1.06. The van der Waals surface area contributed by atoms with Gasteiger partial charge >= 0.3 is 6.72 Å². The zero-order valence-electron chi connectivity index (χ0n) is 3.42. The van der Waals surface area contributed by atoms with E-state index in [2.05, 4.69) is 11.8 Å². The second kappa shape index (κ2) is 4.08. The molecule has 0 spiro atoms. The maximum atomic E-state index is 7.56. The summed E-state index contributed by atoms with van der Waals surface area (Å²) in [6.07, 6.45) is 0. The van der Waals surface area contributed by atoms with Crippen LogP contribution in [-0.4, -0.2) is 14.7 Å². The molecule has 0 unspecified atom stereocenters. The van der Waals surface area contributed by atoms with Crippen molar-refractivity contribution in [1.29, 1.82) is 0 Å². The summed E-state index contributed by atoms with van der Waals surface area (Å²) in [5, 5.41) is 0. The maximum Gasteiger partial charge on any atom is 0.319 e. The smallest absolute Gasteiger partial charge is 0.319 e. The van der Waals surface area contributed by atoms with Crippen molar-refractivity contribution in [3.05, 3.63) is 0 Å². The fourth-order valence-corrected chi connectivity index (χ4v) is 0. The van der Waals surface area contributed by atoms with Gasteiger partial charge in [0, 0.05) is 28.0 Å². The molecule has 8 heteroatoms. The van der Waals surface area contributed by atoms with Gasteiger partial charge in [-0.3, -0.25) is 0 Å². The molecule has 0 atom stereocenters. The Hall–Kier alpha value is 1.19. The largest absolute Gasteiger partial charge is 0.325 e. The summed E-state index contributed by atoms with van der Waals surface area (Å²) in [6.45, 7) is -3.81. The average Bonchev–Trinajstić information content (AvgIpc) is 1.95. The highest BCUT2D eigenvalue weighted by Crippen LogP contribution is 2.26. The molecule has 0 radical (unpaired) electrons. The molecule has 1 aromatic heterocycles. The van der Waals surface area contributed by atoms with Gasteiger partial charge in [0.25, 0.3) is 0 Å². The van der Waals surface area contributed by atoms with E-state index in [-0.39, 0.29) is 0 Å². The highest BCUT2D eigenvalue weighted by Gasteiger charge is 1.92. The zero-order valence-corrected chi connectivity index (χ0v) is 7.58. The zero-order chi connectivity index (χ0) is 6.62. The van der Waals surface area contributed by atoms with Crippen LogP contribution < -0.4 is 0 Å². The van der Waals surface area contributed by atoms with Gasteiger partial charge in [-0.05, 0) is 11.8 Å². The summed E-state index contributed by atoms with van der Waals surface area (Å²) in [4.78, 5) is 22.7. The van der Waals surface area contributed by atoms with Gasteiger partial charge in [0.15, 0.2) is 0 Å². The topological polar surface area (TPSA) is 60.7 Å². The Morgan fingerprint density at radius 1 is 1.00 bits per heavy atom. The third kappa shape index (κ3) is 57.4. The minimum atomic E-state index is -3.81. The second-order valence-electron chi connectivity index (χ2n) is 0.717. The van der Waals surface area contributed by atoms with E-state index in [0.717, 1.165) is 0 Å². The third-order valence-corrected chi connectivity index (χ3v) is 1.84. The van der Waals surface area contributed by atoms with Crippen molar-refractivity contribution in [2.45, 2.75) is 0 Å². The van der Waals surface area contributed by atoms with E-state index in [1.807, 2.05) is 28.0 Å². The fraction of sp³-hybridized carbons (Fsp3) is 0. The lowest BCUT2D eigenvalue weighted by Gasteiger charge is -1.88. The van der Waals surface area contributed by atoms with Crippen molar-refractivity contribution in [2.75, 3.05) is 0 Å². The molecule has 0 amide bonds. The fourth-order valence-electron chi connectivity index (χ4n) is 0. The molecule has 8 heavy (non-hydrogen) atoms. The minimum Gasteiger partial charge on any atom is -0.325 e. The van der Waals surface area contributed by atoms with Crippen LogP contribution >= 0.6 is 34.8 Å². The quantitative estimate of drug-likeness (QED) is 0.442. The van der Waals surface area contributed by atoms with Crippen LogP contribution in [0.15, 0.2) is 0 Å². The Kier molecular flexibility index (Phi) is 4.68. The molecule has 0 aliphatic carbocycles. The first-order chi connectivity index (χ1) is 3.50. The van der Waals surface area contributed by atoms with Crippen LogP contribution in [-0.2, 0) is 11.8 Å². The van der Waals surface area contributed by atoms with E-state index in [1.165, 1.54) is 0 Å². The molecule has 0 aliphatic heterocycles. The standard InChI is InChI=1S/H3O3PS.S3/c1-4(2,3)5;1-2-3-1/h(H3,1,2,3,5);. The van der Waals surface area contributed by atoms with Crippen LogP contribution in [0.25, 0.3) is 0 Å². The summed E-state index contributed by atoms with van der Waals surface area (Å²) in [7, 11) is 5.50. The van der Waals surface area contributed by atoms with Crippen molar-refractivity contribution in [2.24, 2.45) is 0 Å². The SMILES string of the molecule is OP(O)(O)=S.s1ss1. The first kappa shape index (κ1) is 9.19. The summed E-state index contributed by atoms with van der Waals surface area (Å²) >= 11 is 3.60. The van der Waals surface area contributed by atoms with Crippen molar-refractivity contribution in [3.63, 3.8) is 0 Å². The molecule has 3 nitrogen and oxygen atoms in total.